The van der Waals surface area contributed by atoms with Gasteiger partial charge in [-0.3, -0.25) is 9.59 Å². The molecular formula is C23H28N2O3. The first-order chi connectivity index (χ1) is 13.5. The Bertz CT molecular complexity index is 855. The van der Waals surface area contributed by atoms with Crippen LogP contribution >= 0.6 is 0 Å². The third-order valence-corrected chi connectivity index (χ3v) is 5.45. The number of nitrogens with one attached hydrogen (secondary N) is 2. The van der Waals surface area contributed by atoms with Crippen LogP contribution in [0.15, 0.2) is 42.5 Å². The highest BCUT2D eigenvalue weighted by Gasteiger charge is 2.30. The molecular weight excluding hydrogens is 352 g/mol. The normalized spacial score (nSPS) is 19.0. The van der Waals surface area contributed by atoms with Crippen LogP contribution in [0.5, 0.6) is 5.75 Å². The highest BCUT2D eigenvalue weighted by molar-refractivity contribution is 5.95. The van der Waals surface area contributed by atoms with E-state index in [-0.39, 0.29) is 23.7 Å². The molecule has 2 N–H and O–H groups in total. The van der Waals surface area contributed by atoms with E-state index in [4.69, 9.17) is 4.74 Å². The highest BCUT2D eigenvalue weighted by atomic mass is 16.5. The van der Waals surface area contributed by atoms with Crippen molar-refractivity contribution < 1.29 is 14.3 Å². The van der Waals surface area contributed by atoms with Crippen molar-refractivity contribution in [2.75, 3.05) is 17.7 Å². The molecule has 0 saturated heterocycles. The molecule has 2 amide bonds. The minimum atomic E-state index is -0.0589. The molecule has 0 aromatic heterocycles. The summed E-state index contributed by atoms with van der Waals surface area (Å²) in [4.78, 5) is 25.2. The first kappa shape index (κ1) is 19.9. The standard InChI is InChI=1S/C23H28N2O3/c1-15-7-12-21(16(2)13-15)25-23(27)18-10-8-17(9-11-18)22(26)24-19-5-4-6-20(14-19)28-3/h4-7,12-14,17-18H,8-11H2,1-3H3,(H,24,26)(H,25,27). The van der Waals surface area contributed by atoms with E-state index in [0.717, 1.165) is 42.6 Å². The van der Waals surface area contributed by atoms with E-state index in [1.165, 1.54) is 5.56 Å². The third kappa shape index (κ3) is 4.91. The summed E-state index contributed by atoms with van der Waals surface area (Å²) in [5.74, 6) is 0.683. The number of anilines is 2. The molecule has 0 unspecified atom stereocenters. The molecule has 0 radical (unpaired) electrons. The molecule has 1 fully saturated rings. The molecule has 3 rings (SSSR count). The number of carbonyl (C=O) groups excluding carboxylic acids is 2. The largest absolute Gasteiger partial charge is 0.497 e. The Morgan fingerprint density at radius 3 is 2.14 bits per heavy atom. The van der Waals surface area contributed by atoms with Crippen molar-refractivity contribution in [1.29, 1.82) is 0 Å². The van der Waals surface area contributed by atoms with Crippen molar-refractivity contribution in [2.24, 2.45) is 11.8 Å². The van der Waals surface area contributed by atoms with Gasteiger partial charge in [0.2, 0.25) is 11.8 Å². The average Bonchev–Trinajstić information content (AvgIpc) is 2.70. The molecule has 2 aromatic carbocycles. The second-order valence-electron chi connectivity index (χ2n) is 7.58. The summed E-state index contributed by atoms with van der Waals surface area (Å²) in [5.41, 5.74) is 3.85. The molecule has 1 aliphatic rings. The number of aryl methyl sites for hydroxylation is 2. The third-order valence-electron chi connectivity index (χ3n) is 5.45. The topological polar surface area (TPSA) is 67.4 Å². The van der Waals surface area contributed by atoms with Crippen LogP contribution in [-0.4, -0.2) is 18.9 Å². The maximum Gasteiger partial charge on any atom is 0.227 e. The van der Waals surface area contributed by atoms with E-state index in [0.29, 0.717) is 5.75 Å². The van der Waals surface area contributed by atoms with Gasteiger partial charge in [0.15, 0.2) is 0 Å². The highest BCUT2D eigenvalue weighted by Crippen LogP contribution is 2.31. The molecule has 0 spiro atoms. The van der Waals surface area contributed by atoms with Gasteiger partial charge in [0.25, 0.3) is 0 Å². The number of methoxy groups -OCH3 is 1. The Kier molecular flexibility index (Phi) is 6.34. The maximum absolute atomic E-state index is 12.6. The molecule has 5 nitrogen and oxygen atoms in total. The van der Waals surface area contributed by atoms with Crippen LogP contribution in [0.25, 0.3) is 0 Å². The van der Waals surface area contributed by atoms with Crippen molar-refractivity contribution in [2.45, 2.75) is 39.5 Å². The van der Waals surface area contributed by atoms with E-state index in [1.807, 2.05) is 44.2 Å². The van der Waals surface area contributed by atoms with Crippen LogP contribution in [0, 0.1) is 25.7 Å². The molecule has 0 aliphatic heterocycles. The summed E-state index contributed by atoms with van der Waals surface area (Å²) in [5, 5.41) is 6.01. The van der Waals surface area contributed by atoms with E-state index in [1.54, 1.807) is 13.2 Å². The number of rotatable bonds is 5. The van der Waals surface area contributed by atoms with Crippen molar-refractivity contribution in [3.05, 3.63) is 53.6 Å². The van der Waals surface area contributed by atoms with Gasteiger partial charge in [-0.05, 0) is 63.3 Å². The summed E-state index contributed by atoms with van der Waals surface area (Å²) in [6, 6.07) is 13.4. The van der Waals surface area contributed by atoms with Gasteiger partial charge < -0.3 is 15.4 Å². The number of amides is 2. The maximum atomic E-state index is 12.6. The molecule has 148 valence electrons. The number of benzene rings is 2. The SMILES string of the molecule is COc1cccc(NC(=O)C2CCC(C(=O)Nc3ccc(C)cc3C)CC2)c1. The minimum Gasteiger partial charge on any atom is -0.497 e. The number of hydrogen-bond donors (Lipinski definition) is 2. The van der Waals surface area contributed by atoms with Crippen LogP contribution in [0.2, 0.25) is 0 Å². The summed E-state index contributed by atoms with van der Waals surface area (Å²) < 4.78 is 5.19. The Hall–Kier alpha value is -2.82. The van der Waals surface area contributed by atoms with Gasteiger partial charge in [0.1, 0.15) is 5.75 Å². The van der Waals surface area contributed by atoms with E-state index >= 15 is 0 Å². The minimum absolute atomic E-state index is 0.0153. The first-order valence-electron chi connectivity index (χ1n) is 9.79. The first-order valence-corrected chi connectivity index (χ1v) is 9.79. The van der Waals surface area contributed by atoms with Crippen LogP contribution < -0.4 is 15.4 Å². The van der Waals surface area contributed by atoms with Crippen molar-refractivity contribution >= 4 is 23.2 Å². The van der Waals surface area contributed by atoms with Crippen LogP contribution in [-0.2, 0) is 9.59 Å². The van der Waals surface area contributed by atoms with Gasteiger partial charge in [0, 0.05) is 29.3 Å². The second-order valence-corrected chi connectivity index (χ2v) is 7.58. The number of hydrogen-bond acceptors (Lipinski definition) is 3. The Balaban J connectivity index is 1.51. The second kappa shape index (κ2) is 8.91. The van der Waals surface area contributed by atoms with E-state index < -0.39 is 0 Å². The predicted octanol–water partition coefficient (Wildman–Crippen LogP) is 4.70. The Labute approximate surface area is 166 Å². The van der Waals surface area contributed by atoms with Crippen LogP contribution in [0.3, 0.4) is 0 Å². The molecule has 1 saturated carbocycles. The zero-order valence-electron chi connectivity index (χ0n) is 16.7. The van der Waals surface area contributed by atoms with E-state index in [9.17, 15) is 9.59 Å². The van der Waals surface area contributed by atoms with Crippen molar-refractivity contribution in [3.63, 3.8) is 0 Å². The molecule has 28 heavy (non-hydrogen) atoms. The predicted molar refractivity (Wildman–Crippen MR) is 112 cm³/mol. The fraction of sp³-hybridized carbons (Fsp3) is 0.391. The van der Waals surface area contributed by atoms with Gasteiger partial charge in [0.05, 0.1) is 7.11 Å². The molecule has 0 atom stereocenters. The van der Waals surface area contributed by atoms with Crippen LogP contribution in [0.1, 0.15) is 36.8 Å². The summed E-state index contributed by atoms with van der Waals surface area (Å²) >= 11 is 0. The van der Waals surface area contributed by atoms with Gasteiger partial charge in [-0.1, -0.05) is 23.8 Å². The zero-order valence-corrected chi connectivity index (χ0v) is 16.7. The van der Waals surface area contributed by atoms with Gasteiger partial charge >= 0.3 is 0 Å². The lowest BCUT2D eigenvalue weighted by Crippen LogP contribution is -2.32. The smallest absolute Gasteiger partial charge is 0.227 e. The van der Waals surface area contributed by atoms with E-state index in [2.05, 4.69) is 16.7 Å². The lowest BCUT2D eigenvalue weighted by Gasteiger charge is -2.27. The number of carbonyl (C=O) groups is 2. The summed E-state index contributed by atoms with van der Waals surface area (Å²) in [7, 11) is 1.60. The number of ether oxygens (including phenoxy) is 1. The van der Waals surface area contributed by atoms with Crippen LogP contribution in [0.4, 0.5) is 11.4 Å². The summed E-state index contributed by atoms with van der Waals surface area (Å²) in [6.07, 6.45) is 2.90. The quantitative estimate of drug-likeness (QED) is 0.790. The average molecular weight is 380 g/mol. The van der Waals surface area contributed by atoms with Crippen molar-refractivity contribution in [1.82, 2.24) is 0 Å². The molecule has 2 aromatic rings. The van der Waals surface area contributed by atoms with Crippen molar-refractivity contribution in [3.8, 4) is 5.75 Å². The van der Waals surface area contributed by atoms with Gasteiger partial charge in [-0.25, -0.2) is 0 Å². The molecule has 1 aliphatic carbocycles. The fourth-order valence-electron chi connectivity index (χ4n) is 3.75. The molecule has 5 heteroatoms. The zero-order chi connectivity index (χ0) is 20.1. The lowest BCUT2D eigenvalue weighted by molar-refractivity contribution is -0.125. The summed E-state index contributed by atoms with van der Waals surface area (Å²) in [6.45, 7) is 4.04. The van der Waals surface area contributed by atoms with Gasteiger partial charge in [-0.2, -0.15) is 0 Å². The molecule has 0 bridgehead atoms. The molecule has 0 heterocycles. The Morgan fingerprint density at radius 2 is 1.54 bits per heavy atom. The Morgan fingerprint density at radius 1 is 0.893 bits per heavy atom. The fourth-order valence-corrected chi connectivity index (χ4v) is 3.75. The van der Waals surface area contributed by atoms with Gasteiger partial charge in [-0.15, -0.1) is 0 Å². The monoisotopic (exact) mass is 380 g/mol. The lowest BCUT2D eigenvalue weighted by atomic mass is 9.81.